The Hall–Kier alpha value is -3.80. The number of carbonyl (C=O) groups excluding carboxylic acids is 2. The number of carboxylic acid groups (broad SMARTS) is 1. The highest BCUT2D eigenvalue weighted by atomic mass is 19.4. The Balaban J connectivity index is 2.09. The first-order valence-corrected chi connectivity index (χ1v) is 9.05. The van der Waals surface area contributed by atoms with E-state index in [0.29, 0.717) is 11.1 Å². The number of hydrogen-bond donors (Lipinski definition) is 3. The lowest BCUT2D eigenvalue weighted by atomic mass is 9.96. The zero-order valence-corrected chi connectivity index (χ0v) is 16.6. The van der Waals surface area contributed by atoms with Gasteiger partial charge >= 0.3 is 24.0 Å². The van der Waals surface area contributed by atoms with Crippen molar-refractivity contribution < 1.29 is 32.7 Å². The predicted octanol–water partition coefficient (Wildman–Crippen LogP) is 4.17. The standard InChI is InChI=1S/C22H19F3N2O4/c1-3-4-15(11-19(28)29)14-6-9-17(10-7-14)26-20(30)21(31)27-18-12-16(22(23,24)25)8-5-13(18)2/h5-10,12,15H,11H2,1-2H3,(H,26,30)(H,27,31)(H,28,29)/t15-/m0/s1. The SMILES string of the molecule is CC#C[C@@H](CC(=O)O)c1ccc(NC(=O)C(=O)Nc2cc(C(F)(F)F)ccc2C)cc1. The van der Waals surface area contributed by atoms with Crippen LogP contribution < -0.4 is 10.6 Å². The summed E-state index contributed by atoms with van der Waals surface area (Å²) in [5.41, 5.74) is 0.164. The molecule has 2 amide bonds. The minimum atomic E-state index is -4.59. The maximum atomic E-state index is 12.9. The van der Waals surface area contributed by atoms with E-state index in [0.717, 1.165) is 12.1 Å². The Morgan fingerprint density at radius 2 is 1.65 bits per heavy atom. The average Bonchev–Trinajstić information content (AvgIpc) is 2.68. The monoisotopic (exact) mass is 432 g/mol. The van der Waals surface area contributed by atoms with Gasteiger partial charge in [0.1, 0.15) is 0 Å². The third-order valence-corrected chi connectivity index (χ3v) is 4.29. The summed E-state index contributed by atoms with van der Waals surface area (Å²) in [5, 5.41) is 13.5. The molecule has 0 aromatic heterocycles. The van der Waals surface area contributed by atoms with E-state index >= 15 is 0 Å². The number of anilines is 2. The summed E-state index contributed by atoms with van der Waals surface area (Å²) < 4.78 is 38.6. The zero-order valence-electron chi connectivity index (χ0n) is 16.6. The summed E-state index contributed by atoms with van der Waals surface area (Å²) in [6.45, 7) is 3.09. The summed E-state index contributed by atoms with van der Waals surface area (Å²) >= 11 is 0. The van der Waals surface area contributed by atoms with E-state index in [9.17, 15) is 27.6 Å². The second-order valence-electron chi connectivity index (χ2n) is 6.60. The Morgan fingerprint density at radius 3 is 2.19 bits per heavy atom. The van der Waals surface area contributed by atoms with Crippen LogP contribution in [0.1, 0.15) is 36.0 Å². The average molecular weight is 432 g/mol. The molecule has 0 heterocycles. The Kier molecular flexibility index (Phi) is 7.42. The fraction of sp³-hybridized carbons (Fsp3) is 0.227. The molecule has 0 radical (unpaired) electrons. The summed E-state index contributed by atoms with van der Waals surface area (Å²) in [6, 6.07) is 8.93. The van der Waals surface area contributed by atoms with Gasteiger partial charge in [0, 0.05) is 11.4 Å². The molecule has 0 aliphatic rings. The molecule has 0 spiro atoms. The number of alkyl halides is 3. The van der Waals surface area contributed by atoms with E-state index in [4.69, 9.17) is 5.11 Å². The number of amides is 2. The van der Waals surface area contributed by atoms with Gasteiger partial charge < -0.3 is 15.7 Å². The molecule has 31 heavy (non-hydrogen) atoms. The largest absolute Gasteiger partial charge is 0.481 e. The van der Waals surface area contributed by atoms with Crippen LogP contribution >= 0.6 is 0 Å². The molecule has 0 bridgehead atoms. The molecule has 2 aromatic rings. The van der Waals surface area contributed by atoms with E-state index in [-0.39, 0.29) is 17.8 Å². The fourth-order valence-corrected chi connectivity index (χ4v) is 2.70. The second kappa shape index (κ2) is 9.80. The van der Waals surface area contributed by atoms with Gasteiger partial charge in [0.05, 0.1) is 17.9 Å². The smallest absolute Gasteiger partial charge is 0.416 e. The maximum Gasteiger partial charge on any atom is 0.416 e. The van der Waals surface area contributed by atoms with Crippen molar-refractivity contribution in [1.82, 2.24) is 0 Å². The summed E-state index contributed by atoms with van der Waals surface area (Å²) in [5.74, 6) is 1.72. The molecule has 0 saturated carbocycles. The van der Waals surface area contributed by atoms with Gasteiger partial charge in [0.2, 0.25) is 0 Å². The number of rotatable bonds is 5. The van der Waals surface area contributed by atoms with Gasteiger partial charge in [-0.15, -0.1) is 5.92 Å². The van der Waals surface area contributed by atoms with Gasteiger partial charge in [-0.3, -0.25) is 14.4 Å². The third-order valence-electron chi connectivity index (χ3n) is 4.29. The van der Waals surface area contributed by atoms with Crippen LogP contribution in [0, 0.1) is 18.8 Å². The minimum absolute atomic E-state index is 0.125. The number of benzene rings is 2. The molecule has 0 aliphatic heterocycles. The normalized spacial score (nSPS) is 11.6. The highest BCUT2D eigenvalue weighted by Crippen LogP contribution is 2.32. The van der Waals surface area contributed by atoms with Crippen LogP contribution in [0.4, 0.5) is 24.5 Å². The Bertz CT molecular complexity index is 1050. The van der Waals surface area contributed by atoms with Gasteiger partial charge in [-0.2, -0.15) is 13.2 Å². The van der Waals surface area contributed by atoms with Crippen molar-refractivity contribution in [2.75, 3.05) is 10.6 Å². The fourth-order valence-electron chi connectivity index (χ4n) is 2.70. The number of carbonyl (C=O) groups is 3. The van der Waals surface area contributed by atoms with Crippen molar-refractivity contribution in [3.63, 3.8) is 0 Å². The van der Waals surface area contributed by atoms with Crippen molar-refractivity contribution in [3.8, 4) is 11.8 Å². The number of aryl methyl sites for hydroxylation is 1. The zero-order chi connectivity index (χ0) is 23.2. The molecular weight excluding hydrogens is 413 g/mol. The highest BCUT2D eigenvalue weighted by molar-refractivity contribution is 6.43. The van der Waals surface area contributed by atoms with Gasteiger partial charge in [0.15, 0.2) is 0 Å². The van der Waals surface area contributed by atoms with E-state index < -0.39 is 35.4 Å². The molecule has 2 rings (SSSR count). The van der Waals surface area contributed by atoms with Crippen LogP contribution in [0.15, 0.2) is 42.5 Å². The van der Waals surface area contributed by atoms with Gasteiger partial charge in [0.25, 0.3) is 0 Å². The van der Waals surface area contributed by atoms with Crippen molar-refractivity contribution in [3.05, 3.63) is 59.2 Å². The van der Waals surface area contributed by atoms with Crippen molar-refractivity contribution >= 4 is 29.2 Å². The number of halogens is 3. The molecule has 3 N–H and O–H groups in total. The van der Waals surface area contributed by atoms with Crippen LogP contribution in [-0.2, 0) is 20.6 Å². The molecule has 2 aromatic carbocycles. The first-order chi connectivity index (χ1) is 14.5. The number of carboxylic acids is 1. The predicted molar refractivity (Wildman–Crippen MR) is 108 cm³/mol. The minimum Gasteiger partial charge on any atom is -0.481 e. The van der Waals surface area contributed by atoms with Crippen molar-refractivity contribution in [2.24, 2.45) is 0 Å². The lowest BCUT2D eigenvalue weighted by molar-refractivity contribution is -0.138. The summed E-state index contributed by atoms with van der Waals surface area (Å²) in [6.07, 6.45) is -4.77. The highest BCUT2D eigenvalue weighted by Gasteiger charge is 2.31. The van der Waals surface area contributed by atoms with Crippen LogP contribution in [-0.4, -0.2) is 22.9 Å². The maximum absolute atomic E-state index is 12.9. The lowest BCUT2D eigenvalue weighted by Crippen LogP contribution is -2.29. The van der Waals surface area contributed by atoms with Crippen LogP contribution in [0.3, 0.4) is 0 Å². The molecule has 162 valence electrons. The van der Waals surface area contributed by atoms with Crippen molar-refractivity contribution in [2.45, 2.75) is 32.4 Å². The van der Waals surface area contributed by atoms with Crippen LogP contribution in [0.5, 0.6) is 0 Å². The van der Waals surface area contributed by atoms with Gasteiger partial charge in [-0.05, 0) is 49.2 Å². The second-order valence-corrected chi connectivity index (χ2v) is 6.60. The molecular formula is C22H19F3N2O4. The molecule has 0 fully saturated rings. The third kappa shape index (κ3) is 6.60. The molecule has 0 aliphatic carbocycles. The van der Waals surface area contributed by atoms with Crippen LogP contribution in [0.25, 0.3) is 0 Å². The van der Waals surface area contributed by atoms with Gasteiger partial charge in [-0.1, -0.05) is 24.1 Å². The number of aliphatic carboxylic acids is 1. The molecule has 1 atom stereocenters. The molecule has 0 unspecified atom stereocenters. The first kappa shape index (κ1) is 23.5. The summed E-state index contributed by atoms with van der Waals surface area (Å²) in [4.78, 5) is 35.2. The Morgan fingerprint density at radius 1 is 1.03 bits per heavy atom. The molecule has 9 heteroatoms. The number of nitrogens with one attached hydrogen (secondary N) is 2. The van der Waals surface area contributed by atoms with Gasteiger partial charge in [-0.25, -0.2) is 0 Å². The van der Waals surface area contributed by atoms with Crippen LogP contribution in [0.2, 0.25) is 0 Å². The number of hydrogen-bond acceptors (Lipinski definition) is 3. The van der Waals surface area contributed by atoms with E-state index in [1.807, 2.05) is 0 Å². The quantitative estimate of drug-likeness (QED) is 0.488. The van der Waals surface area contributed by atoms with E-state index in [2.05, 4.69) is 22.5 Å². The molecule has 6 nitrogen and oxygen atoms in total. The van der Waals surface area contributed by atoms with Crippen molar-refractivity contribution in [1.29, 1.82) is 0 Å². The topological polar surface area (TPSA) is 95.5 Å². The molecule has 0 saturated heterocycles. The lowest BCUT2D eigenvalue weighted by Gasteiger charge is -2.13. The van der Waals surface area contributed by atoms with E-state index in [1.54, 1.807) is 19.1 Å². The Labute approximate surface area is 176 Å². The summed E-state index contributed by atoms with van der Waals surface area (Å²) in [7, 11) is 0. The first-order valence-electron chi connectivity index (χ1n) is 9.05. The van der Waals surface area contributed by atoms with E-state index in [1.165, 1.54) is 25.1 Å².